The van der Waals surface area contributed by atoms with Crippen molar-refractivity contribution in [2.45, 2.75) is 13.8 Å². The molecule has 26 heavy (non-hydrogen) atoms. The van der Waals surface area contributed by atoms with Crippen LogP contribution in [0.5, 0.6) is 11.5 Å². The Morgan fingerprint density at radius 2 is 1.77 bits per heavy atom. The lowest BCUT2D eigenvalue weighted by molar-refractivity contribution is -0.149. The number of esters is 1. The Bertz CT molecular complexity index is 807. The zero-order chi connectivity index (χ0) is 19.1. The topological polar surface area (TPSA) is 73.9 Å². The number of carbonyl (C=O) groups excluding carboxylic acids is 2. The van der Waals surface area contributed by atoms with Crippen LogP contribution in [0.3, 0.4) is 0 Å². The van der Waals surface area contributed by atoms with Crippen LogP contribution < -0.4 is 14.8 Å². The number of anilines is 1. The van der Waals surface area contributed by atoms with Crippen LogP contribution in [0.4, 0.5) is 5.69 Å². The molecule has 0 bridgehead atoms. The normalized spacial score (nSPS) is 10.2. The summed E-state index contributed by atoms with van der Waals surface area (Å²) in [6, 6.07) is 10.6. The molecule has 1 N–H and O–H groups in total. The standard InChI is InChI=1S/C19H20ClNO5/c1-12-6-4-5-7-16(12)25-11-19(23)26-10-18(22)21-15-8-13(2)14(20)9-17(15)24-3/h4-9H,10-11H2,1-3H3,(H,21,22). The second-order valence-electron chi connectivity index (χ2n) is 5.56. The van der Waals surface area contributed by atoms with Gasteiger partial charge in [-0.2, -0.15) is 0 Å². The van der Waals surface area contributed by atoms with Crippen molar-refractivity contribution in [3.8, 4) is 11.5 Å². The highest BCUT2D eigenvalue weighted by Crippen LogP contribution is 2.30. The highest BCUT2D eigenvalue weighted by Gasteiger charge is 2.13. The Labute approximate surface area is 157 Å². The predicted octanol–water partition coefficient (Wildman–Crippen LogP) is 3.53. The lowest BCUT2D eigenvalue weighted by atomic mass is 10.2. The first-order chi connectivity index (χ1) is 12.4. The zero-order valence-electron chi connectivity index (χ0n) is 14.8. The molecule has 0 saturated carbocycles. The Morgan fingerprint density at radius 3 is 2.46 bits per heavy atom. The van der Waals surface area contributed by atoms with Crippen LogP contribution in [0.2, 0.25) is 5.02 Å². The first-order valence-electron chi connectivity index (χ1n) is 7.88. The molecule has 2 aromatic carbocycles. The molecule has 6 nitrogen and oxygen atoms in total. The summed E-state index contributed by atoms with van der Waals surface area (Å²) in [5, 5.41) is 3.15. The maximum Gasteiger partial charge on any atom is 0.344 e. The summed E-state index contributed by atoms with van der Waals surface area (Å²) in [6.45, 7) is 2.97. The van der Waals surface area contributed by atoms with Gasteiger partial charge in [0, 0.05) is 11.1 Å². The van der Waals surface area contributed by atoms with Gasteiger partial charge in [0.1, 0.15) is 11.5 Å². The second-order valence-corrected chi connectivity index (χ2v) is 5.97. The minimum atomic E-state index is -0.636. The van der Waals surface area contributed by atoms with Gasteiger partial charge in [-0.15, -0.1) is 0 Å². The molecule has 0 aliphatic rings. The maximum absolute atomic E-state index is 12.0. The van der Waals surface area contributed by atoms with E-state index in [9.17, 15) is 9.59 Å². The fraction of sp³-hybridized carbons (Fsp3) is 0.263. The molecule has 0 spiro atoms. The summed E-state index contributed by atoms with van der Waals surface area (Å²) >= 11 is 6.02. The second kappa shape index (κ2) is 9.10. The van der Waals surface area contributed by atoms with Crippen LogP contribution in [0.1, 0.15) is 11.1 Å². The smallest absolute Gasteiger partial charge is 0.344 e. The summed E-state index contributed by atoms with van der Waals surface area (Å²) in [5.41, 5.74) is 2.14. The van der Waals surface area contributed by atoms with E-state index >= 15 is 0 Å². The molecule has 2 rings (SSSR count). The molecule has 0 fully saturated rings. The predicted molar refractivity (Wildman–Crippen MR) is 99.0 cm³/mol. The van der Waals surface area contributed by atoms with Gasteiger partial charge in [0.15, 0.2) is 13.2 Å². The first kappa shape index (κ1) is 19.6. The number of hydrogen-bond acceptors (Lipinski definition) is 5. The molecule has 0 unspecified atom stereocenters. The number of benzene rings is 2. The van der Waals surface area contributed by atoms with Gasteiger partial charge in [-0.25, -0.2) is 4.79 Å². The van der Waals surface area contributed by atoms with Gasteiger partial charge in [-0.1, -0.05) is 29.8 Å². The molecule has 0 aliphatic carbocycles. The summed E-state index contributed by atoms with van der Waals surface area (Å²) in [7, 11) is 1.47. The molecular formula is C19H20ClNO5. The van der Waals surface area contributed by atoms with Crippen molar-refractivity contribution in [3.63, 3.8) is 0 Å². The van der Waals surface area contributed by atoms with Crippen molar-refractivity contribution >= 4 is 29.2 Å². The van der Waals surface area contributed by atoms with E-state index in [2.05, 4.69) is 5.32 Å². The monoisotopic (exact) mass is 377 g/mol. The van der Waals surface area contributed by atoms with Crippen molar-refractivity contribution in [1.29, 1.82) is 0 Å². The van der Waals surface area contributed by atoms with E-state index in [1.807, 2.05) is 25.1 Å². The number of nitrogens with one attached hydrogen (secondary N) is 1. The summed E-state index contributed by atoms with van der Waals surface area (Å²) in [4.78, 5) is 23.7. The van der Waals surface area contributed by atoms with Gasteiger partial charge in [-0.05, 0) is 37.1 Å². The Hall–Kier alpha value is -2.73. The van der Waals surface area contributed by atoms with Gasteiger partial charge in [0.25, 0.3) is 5.91 Å². The first-order valence-corrected chi connectivity index (χ1v) is 8.26. The third-order valence-corrected chi connectivity index (χ3v) is 3.97. The number of ether oxygens (including phenoxy) is 3. The van der Waals surface area contributed by atoms with E-state index in [1.165, 1.54) is 7.11 Å². The third-order valence-electron chi connectivity index (χ3n) is 3.56. The maximum atomic E-state index is 12.0. The van der Waals surface area contributed by atoms with Crippen molar-refractivity contribution in [2.24, 2.45) is 0 Å². The average molecular weight is 378 g/mol. The van der Waals surface area contributed by atoms with Gasteiger partial charge in [0.2, 0.25) is 0 Å². The molecular weight excluding hydrogens is 358 g/mol. The van der Waals surface area contributed by atoms with E-state index in [4.69, 9.17) is 25.8 Å². The number of halogens is 1. The largest absolute Gasteiger partial charge is 0.495 e. The number of hydrogen-bond donors (Lipinski definition) is 1. The molecule has 1 amide bonds. The average Bonchev–Trinajstić information content (AvgIpc) is 2.62. The number of para-hydroxylation sites is 1. The number of aryl methyl sites for hydroxylation is 2. The van der Waals surface area contributed by atoms with Crippen LogP contribution in [0, 0.1) is 13.8 Å². The number of methoxy groups -OCH3 is 1. The molecule has 0 saturated heterocycles. The van der Waals surface area contributed by atoms with Crippen LogP contribution in [-0.2, 0) is 14.3 Å². The SMILES string of the molecule is COc1cc(Cl)c(C)cc1NC(=O)COC(=O)COc1ccccc1C. The minimum absolute atomic E-state index is 0.276. The van der Waals surface area contributed by atoms with E-state index in [0.717, 1.165) is 11.1 Å². The molecule has 0 heterocycles. The molecule has 2 aromatic rings. The molecule has 0 atom stereocenters. The van der Waals surface area contributed by atoms with Crippen molar-refractivity contribution in [2.75, 3.05) is 25.6 Å². The fourth-order valence-electron chi connectivity index (χ4n) is 2.16. The summed E-state index contributed by atoms with van der Waals surface area (Å²) < 4.78 is 15.5. The number of amides is 1. The van der Waals surface area contributed by atoms with Crippen LogP contribution >= 0.6 is 11.6 Å². The Kier molecular flexibility index (Phi) is 6.86. The zero-order valence-corrected chi connectivity index (χ0v) is 15.6. The molecule has 138 valence electrons. The third kappa shape index (κ3) is 5.39. The molecule has 0 radical (unpaired) electrons. The lowest BCUT2D eigenvalue weighted by Gasteiger charge is -2.12. The van der Waals surface area contributed by atoms with Crippen LogP contribution in [-0.4, -0.2) is 32.2 Å². The molecule has 0 aromatic heterocycles. The Balaban J connectivity index is 1.84. The fourth-order valence-corrected chi connectivity index (χ4v) is 2.31. The molecule has 7 heteroatoms. The number of rotatable bonds is 7. The van der Waals surface area contributed by atoms with Crippen molar-refractivity contribution < 1.29 is 23.8 Å². The quantitative estimate of drug-likeness (QED) is 0.747. The highest BCUT2D eigenvalue weighted by atomic mass is 35.5. The van der Waals surface area contributed by atoms with Gasteiger partial charge in [-0.3, -0.25) is 4.79 Å². The molecule has 0 aliphatic heterocycles. The van der Waals surface area contributed by atoms with Gasteiger partial charge in [0.05, 0.1) is 12.8 Å². The van der Waals surface area contributed by atoms with E-state index in [0.29, 0.717) is 22.2 Å². The van der Waals surface area contributed by atoms with E-state index in [-0.39, 0.29) is 6.61 Å². The minimum Gasteiger partial charge on any atom is -0.495 e. The van der Waals surface area contributed by atoms with Crippen LogP contribution in [0.15, 0.2) is 36.4 Å². The summed E-state index contributed by atoms with van der Waals surface area (Å²) in [6.07, 6.45) is 0. The van der Waals surface area contributed by atoms with E-state index in [1.54, 1.807) is 25.1 Å². The lowest BCUT2D eigenvalue weighted by Crippen LogP contribution is -2.24. The van der Waals surface area contributed by atoms with Gasteiger partial charge < -0.3 is 19.5 Å². The Morgan fingerprint density at radius 1 is 1.04 bits per heavy atom. The van der Waals surface area contributed by atoms with Crippen molar-refractivity contribution in [3.05, 3.63) is 52.5 Å². The van der Waals surface area contributed by atoms with E-state index < -0.39 is 18.5 Å². The number of carbonyl (C=O) groups is 2. The van der Waals surface area contributed by atoms with Gasteiger partial charge >= 0.3 is 5.97 Å². The highest BCUT2D eigenvalue weighted by molar-refractivity contribution is 6.31. The summed E-state index contributed by atoms with van der Waals surface area (Å²) in [5.74, 6) is -0.115. The van der Waals surface area contributed by atoms with Crippen LogP contribution in [0.25, 0.3) is 0 Å². The van der Waals surface area contributed by atoms with Crippen molar-refractivity contribution in [1.82, 2.24) is 0 Å².